The van der Waals surface area contributed by atoms with Gasteiger partial charge >= 0.3 is 0 Å². The highest BCUT2D eigenvalue weighted by Gasteiger charge is 2.20. The highest BCUT2D eigenvalue weighted by Crippen LogP contribution is 2.29. The molecule has 1 aliphatic heterocycles. The lowest BCUT2D eigenvalue weighted by atomic mass is 10.1. The molecule has 11 nitrogen and oxygen atoms in total. The first kappa shape index (κ1) is 20.8. The number of carbonyl (C=O) groups excluding carboxylic acids is 1. The maximum atomic E-state index is 12.2. The molecule has 1 fully saturated rings. The van der Waals surface area contributed by atoms with Crippen LogP contribution in [0, 0.1) is 6.92 Å². The number of nitrogens with zero attached hydrogens (tertiary/aromatic N) is 7. The molecule has 1 aromatic carbocycles. The van der Waals surface area contributed by atoms with E-state index >= 15 is 0 Å². The molecule has 3 aromatic heterocycles. The number of rotatable bonds is 5. The van der Waals surface area contributed by atoms with Crippen LogP contribution in [-0.4, -0.2) is 61.9 Å². The van der Waals surface area contributed by atoms with Crippen molar-refractivity contribution < 1.29 is 9.53 Å². The van der Waals surface area contributed by atoms with E-state index in [0.717, 1.165) is 37.7 Å². The Balaban J connectivity index is 1.48. The number of aromatic nitrogens is 6. The average molecular weight is 445 g/mol. The number of amides is 1. The summed E-state index contributed by atoms with van der Waals surface area (Å²) in [5.74, 6) is -0.391. The van der Waals surface area contributed by atoms with Gasteiger partial charge in [0.25, 0.3) is 5.91 Å². The van der Waals surface area contributed by atoms with E-state index < -0.39 is 5.91 Å². The van der Waals surface area contributed by atoms with E-state index in [9.17, 15) is 4.79 Å². The third-order valence-electron chi connectivity index (χ3n) is 5.57. The number of anilines is 3. The lowest BCUT2D eigenvalue weighted by molar-refractivity contribution is 0.0996. The molecule has 33 heavy (non-hydrogen) atoms. The first-order valence-corrected chi connectivity index (χ1v) is 10.5. The van der Waals surface area contributed by atoms with Crippen LogP contribution >= 0.6 is 0 Å². The first-order chi connectivity index (χ1) is 16.0. The molecule has 0 atom stereocenters. The SMILES string of the molecule is Cc1nc(Nc2ccc(N3CCOCC3)cc2)c(C(N)=O)nc1-c1cnnc2c1ncn2C. The van der Waals surface area contributed by atoms with Gasteiger partial charge in [-0.05, 0) is 31.2 Å². The second-order valence-corrected chi connectivity index (χ2v) is 7.78. The number of morpholine rings is 1. The summed E-state index contributed by atoms with van der Waals surface area (Å²) in [6, 6.07) is 7.91. The zero-order valence-electron chi connectivity index (χ0n) is 18.3. The number of hydrogen-bond acceptors (Lipinski definition) is 9. The van der Waals surface area contributed by atoms with Crippen LogP contribution in [0.3, 0.4) is 0 Å². The minimum absolute atomic E-state index is 0.0359. The largest absolute Gasteiger partial charge is 0.378 e. The van der Waals surface area contributed by atoms with Crippen LogP contribution < -0.4 is 16.0 Å². The summed E-state index contributed by atoms with van der Waals surface area (Å²) in [6.45, 7) is 4.98. The Bertz CT molecular complexity index is 1330. The average Bonchev–Trinajstić information content (AvgIpc) is 3.21. The van der Waals surface area contributed by atoms with Gasteiger partial charge in [-0.2, -0.15) is 5.10 Å². The molecular weight excluding hydrogens is 422 g/mol. The quantitative estimate of drug-likeness (QED) is 0.471. The number of carbonyl (C=O) groups is 1. The van der Waals surface area contributed by atoms with Crippen molar-refractivity contribution in [1.82, 2.24) is 29.7 Å². The minimum atomic E-state index is -0.685. The smallest absolute Gasteiger partial charge is 0.271 e. The Morgan fingerprint density at radius 1 is 1.15 bits per heavy atom. The van der Waals surface area contributed by atoms with Crippen LogP contribution in [0.2, 0.25) is 0 Å². The van der Waals surface area contributed by atoms with E-state index in [1.807, 2.05) is 38.2 Å². The second kappa shape index (κ2) is 8.43. The van der Waals surface area contributed by atoms with Crippen molar-refractivity contribution in [1.29, 1.82) is 0 Å². The fourth-order valence-corrected chi connectivity index (χ4v) is 3.85. The molecule has 0 unspecified atom stereocenters. The molecule has 5 rings (SSSR count). The fraction of sp³-hybridized carbons (Fsp3) is 0.273. The molecular formula is C22H23N9O2. The summed E-state index contributed by atoms with van der Waals surface area (Å²) < 4.78 is 7.18. The van der Waals surface area contributed by atoms with E-state index in [4.69, 9.17) is 10.5 Å². The summed E-state index contributed by atoms with van der Waals surface area (Å²) in [6.07, 6.45) is 3.21. The Morgan fingerprint density at radius 2 is 1.91 bits per heavy atom. The van der Waals surface area contributed by atoms with Crippen molar-refractivity contribution in [3.63, 3.8) is 0 Å². The Labute approximate surface area is 189 Å². The van der Waals surface area contributed by atoms with Crippen molar-refractivity contribution in [2.24, 2.45) is 12.8 Å². The van der Waals surface area contributed by atoms with Gasteiger partial charge in [-0.25, -0.2) is 15.0 Å². The molecule has 0 aliphatic carbocycles. The predicted octanol–water partition coefficient (Wildman–Crippen LogP) is 1.81. The molecule has 0 saturated carbocycles. The third-order valence-corrected chi connectivity index (χ3v) is 5.57. The number of imidazole rings is 1. The van der Waals surface area contributed by atoms with Gasteiger partial charge in [0.15, 0.2) is 17.2 Å². The summed E-state index contributed by atoms with van der Waals surface area (Å²) in [5.41, 5.74) is 10.5. The lowest BCUT2D eigenvalue weighted by Crippen LogP contribution is -2.36. The molecule has 4 heterocycles. The van der Waals surface area contributed by atoms with Crippen LogP contribution in [0.1, 0.15) is 16.2 Å². The molecule has 11 heteroatoms. The van der Waals surface area contributed by atoms with E-state index in [0.29, 0.717) is 33.9 Å². The molecule has 0 radical (unpaired) electrons. The van der Waals surface area contributed by atoms with Gasteiger partial charge in [0.2, 0.25) is 0 Å². The lowest BCUT2D eigenvalue weighted by Gasteiger charge is -2.28. The van der Waals surface area contributed by atoms with E-state index in [-0.39, 0.29) is 5.69 Å². The zero-order chi connectivity index (χ0) is 22.9. The summed E-state index contributed by atoms with van der Waals surface area (Å²) >= 11 is 0. The van der Waals surface area contributed by atoms with E-state index in [2.05, 4.69) is 35.4 Å². The van der Waals surface area contributed by atoms with Gasteiger partial charge in [-0.3, -0.25) is 4.79 Å². The number of nitrogens with one attached hydrogen (secondary N) is 1. The van der Waals surface area contributed by atoms with Crippen LogP contribution in [0.5, 0.6) is 0 Å². The van der Waals surface area contributed by atoms with Gasteiger partial charge in [0.05, 0.1) is 42.7 Å². The number of fused-ring (bicyclic) bond motifs is 1. The number of ether oxygens (including phenoxy) is 1. The maximum Gasteiger partial charge on any atom is 0.271 e. The topological polar surface area (TPSA) is 137 Å². The highest BCUT2D eigenvalue weighted by atomic mass is 16.5. The Hall–Kier alpha value is -4.12. The van der Waals surface area contributed by atoms with Gasteiger partial charge in [-0.1, -0.05) is 0 Å². The monoisotopic (exact) mass is 445 g/mol. The standard InChI is InChI=1S/C22H23N9O2/c1-13-17(16-11-25-29-22-18(16)24-12-30(22)2)28-19(20(23)32)21(26-13)27-14-3-5-15(6-4-14)31-7-9-33-10-8-31/h3-6,11-12H,7-10H2,1-2H3,(H2,23,32)(H,26,27). The molecule has 0 bridgehead atoms. The van der Waals surface area contributed by atoms with Gasteiger partial charge < -0.3 is 25.3 Å². The predicted molar refractivity (Wildman–Crippen MR) is 123 cm³/mol. The van der Waals surface area contributed by atoms with Crippen LogP contribution in [-0.2, 0) is 11.8 Å². The van der Waals surface area contributed by atoms with Crippen LogP contribution in [0.4, 0.5) is 17.2 Å². The third kappa shape index (κ3) is 3.94. The van der Waals surface area contributed by atoms with E-state index in [1.165, 1.54) is 0 Å². The molecule has 3 N–H and O–H groups in total. The van der Waals surface area contributed by atoms with Crippen molar-refractivity contribution in [2.45, 2.75) is 6.92 Å². The first-order valence-electron chi connectivity index (χ1n) is 10.5. The van der Waals surface area contributed by atoms with Crippen LogP contribution in [0.15, 0.2) is 36.8 Å². The Kier molecular flexibility index (Phi) is 5.31. The second-order valence-electron chi connectivity index (χ2n) is 7.78. The summed E-state index contributed by atoms with van der Waals surface area (Å²) in [5, 5.41) is 11.3. The maximum absolute atomic E-state index is 12.2. The molecule has 0 spiro atoms. The van der Waals surface area contributed by atoms with Crippen molar-refractivity contribution >= 4 is 34.3 Å². The zero-order valence-corrected chi connectivity index (χ0v) is 18.3. The van der Waals surface area contributed by atoms with Crippen molar-refractivity contribution in [3.05, 3.63) is 48.2 Å². The molecule has 4 aromatic rings. The number of benzene rings is 1. The highest BCUT2D eigenvalue weighted by molar-refractivity contribution is 5.98. The van der Waals surface area contributed by atoms with Crippen LogP contribution in [0.25, 0.3) is 22.4 Å². The number of nitrogens with two attached hydrogens (primary N) is 1. The number of primary amides is 1. The molecule has 1 aliphatic rings. The normalized spacial score (nSPS) is 13.9. The fourth-order valence-electron chi connectivity index (χ4n) is 3.85. The van der Waals surface area contributed by atoms with Crippen molar-refractivity contribution in [3.8, 4) is 11.3 Å². The number of aryl methyl sites for hydroxylation is 2. The molecule has 1 saturated heterocycles. The van der Waals surface area contributed by atoms with Gasteiger partial charge in [0.1, 0.15) is 5.52 Å². The number of hydrogen-bond donors (Lipinski definition) is 2. The van der Waals surface area contributed by atoms with Gasteiger partial charge in [0, 0.05) is 31.5 Å². The van der Waals surface area contributed by atoms with E-state index in [1.54, 1.807) is 17.1 Å². The summed E-state index contributed by atoms with van der Waals surface area (Å²) in [4.78, 5) is 28.1. The Morgan fingerprint density at radius 3 is 2.64 bits per heavy atom. The minimum Gasteiger partial charge on any atom is -0.378 e. The molecule has 1 amide bonds. The summed E-state index contributed by atoms with van der Waals surface area (Å²) in [7, 11) is 1.83. The van der Waals surface area contributed by atoms with Gasteiger partial charge in [-0.15, -0.1) is 5.10 Å². The van der Waals surface area contributed by atoms with Crippen molar-refractivity contribution in [2.75, 3.05) is 36.5 Å². The molecule has 168 valence electrons.